The quantitative estimate of drug-likeness (QED) is 0.567. The number of amides is 1. The molecule has 1 aliphatic heterocycles. The van der Waals surface area contributed by atoms with Crippen LogP contribution in [-0.4, -0.2) is 27.9 Å². The fourth-order valence-corrected chi connectivity index (χ4v) is 3.26. The number of guanidine groups is 1. The predicted molar refractivity (Wildman–Crippen MR) is 117 cm³/mol. The van der Waals surface area contributed by atoms with Crippen LogP contribution in [0.2, 0.25) is 0 Å². The van der Waals surface area contributed by atoms with Crippen LogP contribution in [0.15, 0.2) is 59.4 Å². The van der Waals surface area contributed by atoms with Crippen LogP contribution in [0.4, 0.5) is 13.2 Å². The number of aromatic nitrogens is 2. The number of nitrogens with one attached hydrogen (secondary N) is 2. The molecule has 1 amide bonds. The third-order valence-corrected chi connectivity index (χ3v) is 4.68. The molecule has 0 aliphatic carbocycles. The predicted octanol–water partition coefficient (Wildman–Crippen LogP) is 4.05. The van der Waals surface area contributed by atoms with Gasteiger partial charge in [-0.1, -0.05) is 18.2 Å². The highest BCUT2D eigenvalue weighted by molar-refractivity contribution is 6.15. The van der Waals surface area contributed by atoms with Crippen molar-refractivity contribution in [3.8, 4) is 5.75 Å². The third-order valence-electron chi connectivity index (χ3n) is 4.68. The molecular weight excluding hydrogens is 435 g/mol. The average molecular weight is 455 g/mol. The summed E-state index contributed by atoms with van der Waals surface area (Å²) in [5.74, 6) is 0.170. The van der Waals surface area contributed by atoms with Gasteiger partial charge in [0.2, 0.25) is 5.96 Å². The number of carbonyl (C=O) groups is 1. The van der Waals surface area contributed by atoms with Crippen molar-refractivity contribution < 1.29 is 22.7 Å². The summed E-state index contributed by atoms with van der Waals surface area (Å²) in [6.45, 7) is 3.55. The fraction of sp³-hybridized carbons (Fsp3) is 0.217. The number of pyridine rings is 2. The molecule has 2 aromatic heterocycles. The molecule has 1 aromatic carbocycles. The molecule has 0 saturated carbocycles. The largest absolute Gasteiger partial charge is 0.489 e. The lowest BCUT2D eigenvalue weighted by atomic mass is 10.1. The van der Waals surface area contributed by atoms with E-state index in [0.717, 1.165) is 6.07 Å². The number of ether oxygens (including phenoxy) is 1. The summed E-state index contributed by atoms with van der Waals surface area (Å²) >= 11 is 0. The second-order valence-corrected chi connectivity index (χ2v) is 7.54. The zero-order chi connectivity index (χ0) is 23.6. The molecule has 170 valence electrons. The molecule has 1 fully saturated rings. The van der Waals surface area contributed by atoms with E-state index >= 15 is 0 Å². The lowest BCUT2D eigenvalue weighted by Gasteiger charge is -2.11. The summed E-state index contributed by atoms with van der Waals surface area (Å²) in [6.07, 6.45) is -1.38. The van der Waals surface area contributed by atoms with Gasteiger partial charge in [-0.05, 0) is 43.7 Å². The van der Waals surface area contributed by atoms with Gasteiger partial charge in [-0.15, -0.1) is 0 Å². The Morgan fingerprint density at radius 1 is 1.12 bits per heavy atom. The van der Waals surface area contributed by atoms with Crippen LogP contribution in [0.5, 0.6) is 5.75 Å². The zero-order valence-electron chi connectivity index (χ0n) is 17.8. The SMILES string of the molecule is CC(C)Oc1ccnc2ccc(/C=C3/NC(=NCc4ccccc4C(F)(F)F)NC3=O)nc12. The Morgan fingerprint density at radius 3 is 2.67 bits per heavy atom. The van der Waals surface area contributed by atoms with Crippen LogP contribution in [0, 0.1) is 0 Å². The normalized spacial score (nSPS) is 16.5. The molecule has 0 atom stereocenters. The van der Waals surface area contributed by atoms with E-state index in [9.17, 15) is 18.0 Å². The Bertz CT molecular complexity index is 1270. The maximum absolute atomic E-state index is 13.2. The van der Waals surface area contributed by atoms with Gasteiger partial charge in [0.25, 0.3) is 5.91 Å². The third kappa shape index (κ3) is 5.11. The average Bonchev–Trinajstić information content (AvgIpc) is 3.11. The van der Waals surface area contributed by atoms with Crippen molar-refractivity contribution in [1.82, 2.24) is 20.6 Å². The van der Waals surface area contributed by atoms with Gasteiger partial charge in [0.15, 0.2) is 0 Å². The van der Waals surface area contributed by atoms with Crippen LogP contribution in [0.3, 0.4) is 0 Å². The molecule has 7 nitrogen and oxygen atoms in total. The summed E-state index contributed by atoms with van der Waals surface area (Å²) in [6, 6.07) is 10.4. The summed E-state index contributed by atoms with van der Waals surface area (Å²) < 4.78 is 45.3. The first-order chi connectivity index (χ1) is 15.7. The number of rotatable bonds is 5. The van der Waals surface area contributed by atoms with Crippen LogP contribution in [0.25, 0.3) is 17.1 Å². The standard InChI is InChI=1S/C23H20F3N5O2/c1-13(2)33-19-9-10-27-17-8-7-15(29-20(17)19)11-18-21(32)31-22(30-18)28-12-14-5-3-4-6-16(14)23(24,25)26/h3-11,13H,12H2,1-2H3,(H2,28,30,31,32)/b18-11+. The molecule has 1 saturated heterocycles. The van der Waals surface area contributed by atoms with Gasteiger partial charge in [0.1, 0.15) is 17.0 Å². The second-order valence-electron chi connectivity index (χ2n) is 7.54. The zero-order valence-corrected chi connectivity index (χ0v) is 17.8. The first-order valence-electron chi connectivity index (χ1n) is 10.1. The van der Waals surface area contributed by atoms with Crippen molar-refractivity contribution in [2.24, 2.45) is 4.99 Å². The first kappa shape index (κ1) is 22.3. The molecule has 0 radical (unpaired) electrons. The molecule has 0 bridgehead atoms. The van der Waals surface area contributed by atoms with E-state index in [1.807, 2.05) is 13.8 Å². The fourth-order valence-electron chi connectivity index (χ4n) is 3.26. The maximum atomic E-state index is 13.2. The minimum Gasteiger partial charge on any atom is -0.489 e. The number of hydrogen-bond acceptors (Lipinski definition) is 5. The van der Waals surface area contributed by atoms with Gasteiger partial charge in [-0.3, -0.25) is 15.1 Å². The van der Waals surface area contributed by atoms with E-state index in [1.165, 1.54) is 24.3 Å². The topological polar surface area (TPSA) is 88.5 Å². The maximum Gasteiger partial charge on any atom is 0.416 e. The Kier molecular flexibility index (Phi) is 5.99. The van der Waals surface area contributed by atoms with Crippen molar-refractivity contribution >= 4 is 29.0 Å². The minimum atomic E-state index is -4.48. The molecule has 3 aromatic rings. The minimum absolute atomic E-state index is 0.00681. The lowest BCUT2D eigenvalue weighted by Crippen LogP contribution is -2.25. The van der Waals surface area contributed by atoms with Crippen molar-refractivity contribution in [3.05, 3.63) is 71.2 Å². The number of hydrogen-bond donors (Lipinski definition) is 2. The summed E-state index contributed by atoms with van der Waals surface area (Å²) in [7, 11) is 0. The highest BCUT2D eigenvalue weighted by Gasteiger charge is 2.33. The molecule has 3 heterocycles. The summed E-state index contributed by atoms with van der Waals surface area (Å²) in [4.78, 5) is 25.2. The Labute approximate surface area is 187 Å². The van der Waals surface area contributed by atoms with Gasteiger partial charge in [0, 0.05) is 12.3 Å². The van der Waals surface area contributed by atoms with Crippen LogP contribution < -0.4 is 15.4 Å². The number of benzene rings is 1. The number of halogens is 3. The Hall–Kier alpha value is -3.95. The molecule has 10 heteroatoms. The molecule has 1 aliphatic rings. The van der Waals surface area contributed by atoms with Crippen molar-refractivity contribution in [3.63, 3.8) is 0 Å². The lowest BCUT2D eigenvalue weighted by molar-refractivity contribution is -0.138. The van der Waals surface area contributed by atoms with Gasteiger partial charge < -0.3 is 10.1 Å². The molecule has 0 unspecified atom stereocenters. The van der Waals surface area contributed by atoms with Crippen molar-refractivity contribution in [2.75, 3.05) is 0 Å². The highest BCUT2D eigenvalue weighted by Crippen LogP contribution is 2.32. The number of nitrogens with zero attached hydrogens (tertiary/aromatic N) is 3. The van der Waals surface area contributed by atoms with E-state index in [2.05, 4.69) is 25.6 Å². The Balaban J connectivity index is 1.56. The number of fused-ring (bicyclic) bond motifs is 1. The van der Waals surface area contributed by atoms with Gasteiger partial charge in [0.05, 0.1) is 29.4 Å². The van der Waals surface area contributed by atoms with E-state index in [0.29, 0.717) is 22.5 Å². The molecule has 33 heavy (non-hydrogen) atoms. The van der Waals surface area contributed by atoms with Crippen LogP contribution in [-0.2, 0) is 17.5 Å². The van der Waals surface area contributed by atoms with Gasteiger partial charge in [-0.2, -0.15) is 13.2 Å². The highest BCUT2D eigenvalue weighted by atomic mass is 19.4. The summed E-state index contributed by atoms with van der Waals surface area (Å²) in [5.41, 5.74) is 1.09. The van der Waals surface area contributed by atoms with E-state index in [4.69, 9.17) is 4.74 Å². The van der Waals surface area contributed by atoms with Crippen molar-refractivity contribution in [1.29, 1.82) is 0 Å². The van der Waals surface area contributed by atoms with Crippen LogP contribution >= 0.6 is 0 Å². The van der Waals surface area contributed by atoms with Gasteiger partial charge in [-0.25, -0.2) is 9.98 Å². The number of aliphatic imine (C=N–C) groups is 1. The second kappa shape index (κ2) is 8.89. The molecule has 4 rings (SSSR count). The van der Waals surface area contributed by atoms with Gasteiger partial charge >= 0.3 is 6.18 Å². The smallest absolute Gasteiger partial charge is 0.416 e. The van der Waals surface area contributed by atoms with Crippen molar-refractivity contribution in [2.45, 2.75) is 32.7 Å². The Morgan fingerprint density at radius 2 is 1.91 bits per heavy atom. The number of carbonyl (C=O) groups excluding carboxylic acids is 1. The van der Waals surface area contributed by atoms with E-state index in [1.54, 1.807) is 24.4 Å². The molecule has 2 N–H and O–H groups in total. The molecular formula is C23H20F3N5O2. The van der Waals surface area contributed by atoms with E-state index in [-0.39, 0.29) is 29.9 Å². The molecule has 0 spiro atoms. The number of alkyl halides is 3. The monoisotopic (exact) mass is 455 g/mol. The van der Waals surface area contributed by atoms with Crippen LogP contribution in [0.1, 0.15) is 30.7 Å². The summed E-state index contributed by atoms with van der Waals surface area (Å²) in [5, 5.41) is 5.31. The first-order valence-corrected chi connectivity index (χ1v) is 10.1. The van der Waals surface area contributed by atoms with E-state index < -0.39 is 17.6 Å².